The first-order valence-electron chi connectivity index (χ1n) is 9.99. The van der Waals surface area contributed by atoms with E-state index >= 15 is 0 Å². The summed E-state index contributed by atoms with van der Waals surface area (Å²) in [4.78, 5) is 4.96. The van der Waals surface area contributed by atoms with Gasteiger partial charge in [-0.2, -0.15) is 0 Å². The highest BCUT2D eigenvalue weighted by Crippen LogP contribution is 2.31. The highest BCUT2D eigenvalue weighted by atomic mass is 32.2. The monoisotopic (exact) mass is 488 g/mol. The Labute approximate surface area is 195 Å². The molecule has 0 spiro atoms. The molecule has 0 aliphatic rings. The first-order chi connectivity index (χ1) is 15.3. The molecule has 4 rings (SSSR count). The van der Waals surface area contributed by atoms with Gasteiger partial charge < -0.3 is 9.88 Å². The Balaban J connectivity index is 1.52. The second kappa shape index (κ2) is 9.18. The summed E-state index contributed by atoms with van der Waals surface area (Å²) >= 11 is 3.05. The number of anilines is 2. The molecule has 1 N–H and O–H groups in total. The van der Waals surface area contributed by atoms with Crippen molar-refractivity contribution >= 4 is 55.0 Å². The minimum atomic E-state index is -3.50. The number of imidazole rings is 1. The van der Waals surface area contributed by atoms with Crippen molar-refractivity contribution in [3.05, 3.63) is 53.9 Å². The van der Waals surface area contributed by atoms with Crippen molar-refractivity contribution in [1.82, 2.24) is 24.1 Å². The molecule has 11 heteroatoms. The normalized spacial score (nSPS) is 12.0. The van der Waals surface area contributed by atoms with Crippen LogP contribution in [0.2, 0.25) is 0 Å². The van der Waals surface area contributed by atoms with Crippen molar-refractivity contribution in [1.29, 1.82) is 0 Å². The Morgan fingerprint density at radius 1 is 1.16 bits per heavy atom. The van der Waals surface area contributed by atoms with Gasteiger partial charge >= 0.3 is 0 Å². The number of thioether (sulfide) groups is 1. The molecule has 2 aromatic heterocycles. The predicted molar refractivity (Wildman–Crippen MR) is 130 cm³/mol. The molecule has 2 aromatic carbocycles. The van der Waals surface area contributed by atoms with Gasteiger partial charge in [0.05, 0.1) is 21.7 Å². The summed E-state index contributed by atoms with van der Waals surface area (Å²) in [6.45, 7) is 4.84. The molecule has 0 bridgehead atoms. The number of fused-ring (bicyclic) bond motifs is 1. The molecule has 0 unspecified atom stereocenters. The Morgan fingerprint density at radius 3 is 2.69 bits per heavy atom. The van der Waals surface area contributed by atoms with Crippen LogP contribution in [-0.4, -0.2) is 46.6 Å². The van der Waals surface area contributed by atoms with Crippen LogP contribution in [0.5, 0.6) is 0 Å². The zero-order valence-electron chi connectivity index (χ0n) is 18.2. The van der Waals surface area contributed by atoms with Crippen LogP contribution in [0.3, 0.4) is 0 Å². The second-order valence-corrected chi connectivity index (χ2v) is 11.7. The lowest BCUT2D eigenvalue weighted by Gasteiger charge is -2.11. The van der Waals surface area contributed by atoms with Crippen LogP contribution < -0.4 is 5.32 Å². The minimum Gasteiger partial charge on any atom is -0.330 e. The largest absolute Gasteiger partial charge is 0.330 e. The van der Waals surface area contributed by atoms with Crippen molar-refractivity contribution in [2.24, 2.45) is 0 Å². The minimum absolute atomic E-state index is 0.242. The zero-order valence-corrected chi connectivity index (χ0v) is 20.7. The molecule has 8 nitrogen and oxygen atoms in total. The summed E-state index contributed by atoms with van der Waals surface area (Å²) in [7, 11) is -0.456. The predicted octanol–water partition coefficient (Wildman–Crippen LogP) is 4.50. The van der Waals surface area contributed by atoms with Crippen LogP contribution in [0.15, 0.2) is 51.7 Å². The van der Waals surface area contributed by atoms with Gasteiger partial charge in [0.2, 0.25) is 15.2 Å². The average Bonchev–Trinajstić information content (AvgIpc) is 3.34. The topological polar surface area (TPSA) is 93.0 Å². The number of benzene rings is 2. The molecule has 0 saturated heterocycles. The molecule has 0 amide bonds. The molecule has 0 aliphatic carbocycles. The van der Waals surface area contributed by atoms with Crippen LogP contribution in [0.4, 0.5) is 10.8 Å². The van der Waals surface area contributed by atoms with Gasteiger partial charge in [0.15, 0.2) is 4.34 Å². The summed E-state index contributed by atoms with van der Waals surface area (Å²) in [5.74, 6) is 1.48. The van der Waals surface area contributed by atoms with E-state index in [0.717, 1.165) is 33.0 Å². The fourth-order valence-corrected chi connectivity index (χ4v) is 5.93. The van der Waals surface area contributed by atoms with Crippen LogP contribution >= 0.6 is 23.1 Å². The molecule has 0 fully saturated rings. The smallest absolute Gasteiger partial charge is 0.242 e. The maximum Gasteiger partial charge on any atom is 0.242 e. The van der Waals surface area contributed by atoms with E-state index < -0.39 is 10.0 Å². The first kappa shape index (κ1) is 22.7. The lowest BCUT2D eigenvalue weighted by Crippen LogP contribution is -2.22. The molecule has 32 heavy (non-hydrogen) atoms. The Kier molecular flexibility index (Phi) is 6.52. The molecular formula is C21H24N6O2S3. The maximum absolute atomic E-state index is 12.5. The first-order valence-corrected chi connectivity index (χ1v) is 13.2. The van der Waals surface area contributed by atoms with E-state index in [2.05, 4.69) is 33.1 Å². The Morgan fingerprint density at radius 2 is 1.97 bits per heavy atom. The van der Waals surface area contributed by atoms with E-state index in [-0.39, 0.29) is 4.90 Å². The molecule has 0 atom stereocenters. The summed E-state index contributed by atoms with van der Waals surface area (Å²) in [6, 6.07) is 13.2. The number of rotatable bonds is 8. The second-order valence-electron chi connectivity index (χ2n) is 7.37. The number of aromatic nitrogens is 4. The third-order valence-corrected chi connectivity index (χ3v) is 8.67. The van der Waals surface area contributed by atoms with Gasteiger partial charge in [0.1, 0.15) is 5.82 Å². The fourth-order valence-electron chi connectivity index (χ4n) is 3.28. The Hall–Kier alpha value is -2.47. The van der Waals surface area contributed by atoms with E-state index in [4.69, 9.17) is 4.98 Å². The van der Waals surface area contributed by atoms with Gasteiger partial charge in [-0.15, -0.1) is 10.2 Å². The van der Waals surface area contributed by atoms with Crippen molar-refractivity contribution in [2.45, 2.75) is 35.4 Å². The van der Waals surface area contributed by atoms with Gasteiger partial charge in [0, 0.05) is 26.3 Å². The number of hydrogen-bond donors (Lipinski definition) is 1. The summed E-state index contributed by atoms with van der Waals surface area (Å²) in [5.41, 5.74) is 3.74. The third kappa shape index (κ3) is 4.65. The number of nitrogens with one attached hydrogen (secondary N) is 1. The molecule has 4 aromatic rings. The highest BCUT2D eigenvalue weighted by molar-refractivity contribution is 8.00. The van der Waals surface area contributed by atoms with E-state index in [1.165, 1.54) is 35.3 Å². The van der Waals surface area contributed by atoms with Gasteiger partial charge in [0.25, 0.3) is 0 Å². The highest BCUT2D eigenvalue weighted by Gasteiger charge is 2.19. The lowest BCUT2D eigenvalue weighted by molar-refractivity contribution is 0.521. The Bertz CT molecular complexity index is 1360. The fraction of sp³-hybridized carbons (Fsp3) is 0.286. The van der Waals surface area contributed by atoms with Gasteiger partial charge in [-0.05, 0) is 49.7 Å². The lowest BCUT2D eigenvalue weighted by atomic mass is 10.2. The summed E-state index contributed by atoms with van der Waals surface area (Å²) in [6.07, 6.45) is 0. The van der Waals surface area contributed by atoms with Crippen LogP contribution in [0, 0.1) is 6.92 Å². The quantitative estimate of drug-likeness (QED) is 0.365. The third-order valence-electron chi connectivity index (χ3n) is 4.89. The van der Waals surface area contributed by atoms with E-state index in [9.17, 15) is 8.42 Å². The molecule has 0 saturated carbocycles. The van der Waals surface area contributed by atoms with E-state index in [0.29, 0.717) is 11.3 Å². The standard InChI is InChI=1S/C21H24N6O2S3/c1-5-27-18-10-9-16(32(28,29)26(3)4)12-17(18)23-19(27)13-30-21-25-24-20(31-21)22-15-8-6-7-14(2)11-15/h6-12H,5,13H2,1-4H3,(H,22,24). The van der Waals surface area contributed by atoms with Crippen LogP contribution in [-0.2, 0) is 22.3 Å². The number of sulfonamides is 1. The van der Waals surface area contributed by atoms with Gasteiger partial charge in [-0.1, -0.05) is 35.2 Å². The molecule has 0 radical (unpaired) electrons. The summed E-state index contributed by atoms with van der Waals surface area (Å²) in [5, 5.41) is 12.5. The zero-order chi connectivity index (χ0) is 22.9. The van der Waals surface area contributed by atoms with Crippen molar-refractivity contribution in [3.63, 3.8) is 0 Å². The van der Waals surface area contributed by atoms with Crippen LogP contribution in [0.25, 0.3) is 11.0 Å². The van der Waals surface area contributed by atoms with E-state index in [1.807, 2.05) is 31.2 Å². The number of aryl methyl sites for hydroxylation is 2. The molecular weight excluding hydrogens is 464 g/mol. The molecule has 2 heterocycles. The van der Waals surface area contributed by atoms with Gasteiger partial charge in [-0.3, -0.25) is 0 Å². The average molecular weight is 489 g/mol. The molecule has 168 valence electrons. The van der Waals surface area contributed by atoms with E-state index in [1.54, 1.807) is 23.9 Å². The number of hydrogen-bond acceptors (Lipinski definition) is 8. The van der Waals surface area contributed by atoms with Crippen molar-refractivity contribution < 1.29 is 8.42 Å². The van der Waals surface area contributed by atoms with Crippen molar-refractivity contribution in [3.8, 4) is 0 Å². The SMILES string of the molecule is CCn1c(CSc2nnc(Nc3cccc(C)c3)s2)nc2cc(S(=O)(=O)N(C)C)ccc21. The molecule has 0 aliphatic heterocycles. The van der Waals surface area contributed by atoms with Crippen LogP contribution in [0.1, 0.15) is 18.3 Å². The maximum atomic E-state index is 12.5. The van der Waals surface area contributed by atoms with Crippen molar-refractivity contribution in [2.75, 3.05) is 19.4 Å². The summed E-state index contributed by atoms with van der Waals surface area (Å²) < 4.78 is 29.1. The van der Waals surface area contributed by atoms with Gasteiger partial charge in [-0.25, -0.2) is 17.7 Å². The number of nitrogens with zero attached hydrogens (tertiary/aromatic N) is 5.